The molecule has 4 aromatic rings. The third-order valence-corrected chi connectivity index (χ3v) is 5.15. The number of benzene rings is 2. The first-order chi connectivity index (χ1) is 14.6. The molecule has 0 fully saturated rings. The normalized spacial score (nSPS) is 10.7. The molecular formula is C24H20BrN3O2. The van der Waals surface area contributed by atoms with E-state index in [1.54, 1.807) is 12.4 Å². The number of halogens is 1. The second kappa shape index (κ2) is 9.05. The summed E-state index contributed by atoms with van der Waals surface area (Å²) in [6.45, 7) is 2.97. The van der Waals surface area contributed by atoms with E-state index < -0.39 is 0 Å². The molecule has 2 aromatic carbocycles. The average molecular weight is 462 g/mol. The van der Waals surface area contributed by atoms with E-state index >= 15 is 0 Å². The lowest BCUT2D eigenvalue weighted by Crippen LogP contribution is -2.23. The molecule has 0 aliphatic rings. The fraction of sp³-hybridized carbons (Fsp3) is 0.125. The number of hydrogen-bond acceptors (Lipinski definition) is 4. The molecule has 5 nitrogen and oxygen atoms in total. The van der Waals surface area contributed by atoms with E-state index in [0.29, 0.717) is 18.7 Å². The summed E-state index contributed by atoms with van der Waals surface area (Å²) in [5, 5.41) is 3.78. The standard InChI is InChI=1S/C24H20BrN3O2/c1-2-30-19-8-5-17(6-9-19)23-13-21(20-12-18(25)7-10-22(20)28-23)24(29)27-15-16-4-3-11-26-14-16/h3-14H,2,15H2,1H3,(H,27,29). The van der Waals surface area contributed by atoms with Crippen molar-refractivity contribution in [2.45, 2.75) is 13.5 Å². The van der Waals surface area contributed by atoms with Gasteiger partial charge in [0.15, 0.2) is 0 Å². The molecule has 0 atom stereocenters. The molecule has 2 heterocycles. The molecule has 1 amide bonds. The molecule has 0 saturated carbocycles. The minimum absolute atomic E-state index is 0.156. The SMILES string of the molecule is CCOc1ccc(-c2cc(C(=O)NCc3cccnc3)c3cc(Br)ccc3n2)cc1. The van der Waals surface area contributed by atoms with Crippen LogP contribution in [0.2, 0.25) is 0 Å². The van der Waals surface area contributed by atoms with Crippen molar-refractivity contribution in [3.05, 3.63) is 88.7 Å². The predicted octanol–water partition coefficient (Wildman–Crippen LogP) is 5.39. The van der Waals surface area contributed by atoms with Crippen LogP contribution in [0, 0.1) is 0 Å². The van der Waals surface area contributed by atoms with Crippen LogP contribution in [-0.2, 0) is 6.54 Å². The Labute approximate surface area is 183 Å². The molecule has 1 N–H and O–H groups in total. The van der Waals surface area contributed by atoms with Crippen molar-refractivity contribution in [1.29, 1.82) is 0 Å². The molecule has 150 valence electrons. The fourth-order valence-corrected chi connectivity index (χ4v) is 3.56. The molecule has 6 heteroatoms. The van der Waals surface area contributed by atoms with Gasteiger partial charge in [0.05, 0.1) is 23.4 Å². The maximum absolute atomic E-state index is 13.1. The van der Waals surface area contributed by atoms with E-state index in [1.165, 1.54) is 0 Å². The monoisotopic (exact) mass is 461 g/mol. The van der Waals surface area contributed by atoms with Crippen molar-refractivity contribution in [3.63, 3.8) is 0 Å². The zero-order valence-electron chi connectivity index (χ0n) is 16.4. The average Bonchev–Trinajstić information content (AvgIpc) is 2.78. The van der Waals surface area contributed by atoms with Gasteiger partial charge in [0.25, 0.3) is 5.91 Å². The van der Waals surface area contributed by atoms with Gasteiger partial charge >= 0.3 is 0 Å². The van der Waals surface area contributed by atoms with E-state index in [4.69, 9.17) is 9.72 Å². The first kappa shape index (κ1) is 20.0. The number of nitrogens with one attached hydrogen (secondary N) is 1. The molecule has 0 aliphatic heterocycles. The second-order valence-corrected chi connectivity index (χ2v) is 7.63. The third-order valence-electron chi connectivity index (χ3n) is 4.65. The van der Waals surface area contributed by atoms with Crippen molar-refractivity contribution < 1.29 is 9.53 Å². The number of carbonyl (C=O) groups excluding carboxylic acids is 1. The zero-order valence-corrected chi connectivity index (χ0v) is 18.0. The summed E-state index contributed by atoms with van der Waals surface area (Å²) in [5.74, 6) is 0.650. The fourth-order valence-electron chi connectivity index (χ4n) is 3.20. The number of carbonyl (C=O) groups is 1. The van der Waals surface area contributed by atoms with E-state index in [0.717, 1.165) is 37.9 Å². The molecular weight excluding hydrogens is 442 g/mol. The Kier molecular flexibility index (Phi) is 6.05. The van der Waals surface area contributed by atoms with Gasteiger partial charge in [-0.3, -0.25) is 9.78 Å². The van der Waals surface area contributed by atoms with Crippen LogP contribution >= 0.6 is 15.9 Å². The van der Waals surface area contributed by atoms with Crippen molar-refractivity contribution in [2.75, 3.05) is 6.61 Å². The smallest absolute Gasteiger partial charge is 0.252 e. The summed E-state index contributed by atoms with van der Waals surface area (Å²) in [5.41, 5.74) is 3.94. The summed E-state index contributed by atoms with van der Waals surface area (Å²) in [7, 11) is 0. The molecule has 0 spiro atoms. The van der Waals surface area contributed by atoms with Gasteiger partial charge in [-0.05, 0) is 67.1 Å². The van der Waals surface area contributed by atoms with Crippen LogP contribution in [-0.4, -0.2) is 22.5 Å². The molecule has 2 aromatic heterocycles. The molecule has 0 unspecified atom stereocenters. The Balaban J connectivity index is 1.71. The van der Waals surface area contributed by atoms with E-state index in [9.17, 15) is 4.79 Å². The second-order valence-electron chi connectivity index (χ2n) is 6.72. The number of aromatic nitrogens is 2. The van der Waals surface area contributed by atoms with Crippen LogP contribution in [0.4, 0.5) is 0 Å². The highest BCUT2D eigenvalue weighted by molar-refractivity contribution is 9.10. The number of fused-ring (bicyclic) bond motifs is 1. The number of rotatable bonds is 6. The number of pyridine rings is 2. The van der Waals surface area contributed by atoms with Crippen molar-refractivity contribution >= 4 is 32.7 Å². The Morgan fingerprint density at radius 2 is 1.93 bits per heavy atom. The molecule has 30 heavy (non-hydrogen) atoms. The van der Waals surface area contributed by atoms with Crippen LogP contribution < -0.4 is 10.1 Å². The number of ether oxygens (including phenoxy) is 1. The van der Waals surface area contributed by atoms with Gasteiger partial charge in [0, 0.05) is 34.4 Å². The highest BCUT2D eigenvalue weighted by Gasteiger charge is 2.15. The lowest BCUT2D eigenvalue weighted by atomic mass is 10.0. The first-order valence-corrected chi connectivity index (χ1v) is 10.4. The Bertz CT molecular complexity index is 1180. The molecule has 0 radical (unpaired) electrons. The Morgan fingerprint density at radius 3 is 2.67 bits per heavy atom. The lowest BCUT2D eigenvalue weighted by molar-refractivity contribution is 0.0952. The van der Waals surface area contributed by atoms with Crippen LogP contribution in [0.25, 0.3) is 22.2 Å². The van der Waals surface area contributed by atoms with Crippen LogP contribution in [0.15, 0.2) is 77.5 Å². The lowest BCUT2D eigenvalue weighted by Gasteiger charge is -2.12. The van der Waals surface area contributed by atoms with Crippen molar-refractivity contribution in [1.82, 2.24) is 15.3 Å². The number of amides is 1. The largest absolute Gasteiger partial charge is 0.494 e. The van der Waals surface area contributed by atoms with Gasteiger partial charge in [-0.25, -0.2) is 4.98 Å². The van der Waals surface area contributed by atoms with Gasteiger partial charge in [-0.1, -0.05) is 22.0 Å². The first-order valence-electron chi connectivity index (χ1n) is 9.64. The number of nitrogens with zero attached hydrogens (tertiary/aromatic N) is 2. The third kappa shape index (κ3) is 4.49. The zero-order chi connectivity index (χ0) is 20.9. The predicted molar refractivity (Wildman–Crippen MR) is 121 cm³/mol. The van der Waals surface area contributed by atoms with Crippen LogP contribution in [0.1, 0.15) is 22.8 Å². The van der Waals surface area contributed by atoms with Gasteiger partial charge in [0.2, 0.25) is 0 Å². The Morgan fingerprint density at radius 1 is 1.10 bits per heavy atom. The van der Waals surface area contributed by atoms with Crippen molar-refractivity contribution in [3.8, 4) is 17.0 Å². The van der Waals surface area contributed by atoms with Crippen LogP contribution in [0.3, 0.4) is 0 Å². The minimum atomic E-state index is -0.156. The van der Waals surface area contributed by atoms with Crippen LogP contribution in [0.5, 0.6) is 5.75 Å². The summed E-state index contributed by atoms with van der Waals surface area (Å²) in [4.78, 5) is 21.9. The van der Waals surface area contributed by atoms with Gasteiger partial charge < -0.3 is 10.1 Å². The van der Waals surface area contributed by atoms with E-state index in [-0.39, 0.29) is 5.91 Å². The molecule has 0 saturated heterocycles. The minimum Gasteiger partial charge on any atom is -0.494 e. The van der Waals surface area contributed by atoms with Gasteiger partial charge in [-0.2, -0.15) is 0 Å². The quantitative estimate of drug-likeness (QED) is 0.418. The van der Waals surface area contributed by atoms with Gasteiger partial charge in [0.1, 0.15) is 5.75 Å². The maximum atomic E-state index is 13.1. The summed E-state index contributed by atoms with van der Waals surface area (Å²) < 4.78 is 6.42. The topological polar surface area (TPSA) is 64.1 Å². The molecule has 0 aliphatic carbocycles. The van der Waals surface area contributed by atoms with Gasteiger partial charge in [-0.15, -0.1) is 0 Å². The number of hydrogen-bond donors (Lipinski definition) is 1. The van der Waals surface area contributed by atoms with E-state index in [2.05, 4.69) is 26.2 Å². The molecule has 4 rings (SSSR count). The van der Waals surface area contributed by atoms with E-state index in [1.807, 2.05) is 67.6 Å². The Hall–Kier alpha value is -3.25. The van der Waals surface area contributed by atoms with Crippen molar-refractivity contribution in [2.24, 2.45) is 0 Å². The molecule has 0 bridgehead atoms. The highest BCUT2D eigenvalue weighted by Crippen LogP contribution is 2.28. The summed E-state index contributed by atoms with van der Waals surface area (Å²) in [6.07, 6.45) is 3.45. The maximum Gasteiger partial charge on any atom is 0.252 e. The summed E-state index contributed by atoms with van der Waals surface area (Å²) in [6, 6.07) is 19.1. The highest BCUT2D eigenvalue weighted by atomic mass is 79.9. The summed E-state index contributed by atoms with van der Waals surface area (Å²) >= 11 is 3.50.